The largest absolute Gasteiger partial charge is 0.466 e. The lowest BCUT2D eigenvalue weighted by atomic mass is 10.1. The van der Waals surface area contributed by atoms with Crippen molar-refractivity contribution in [2.24, 2.45) is 5.92 Å². The fraction of sp³-hybridized carbons (Fsp3) is 0.889. The van der Waals surface area contributed by atoms with E-state index in [1.54, 1.807) is 0 Å². The summed E-state index contributed by atoms with van der Waals surface area (Å²) < 4.78 is 10.2. The Labute approximate surface area is 135 Å². The van der Waals surface area contributed by atoms with Crippen LogP contribution in [0, 0.1) is 5.92 Å². The molecule has 0 saturated carbocycles. The molecule has 0 atom stereocenters. The highest BCUT2D eigenvalue weighted by Gasteiger charge is 2.09. The molecule has 22 heavy (non-hydrogen) atoms. The lowest BCUT2D eigenvalue weighted by Gasteiger charge is -2.07. The molecule has 0 saturated heterocycles. The van der Waals surface area contributed by atoms with E-state index in [0.29, 0.717) is 19.1 Å². The fourth-order valence-corrected chi connectivity index (χ4v) is 2.00. The summed E-state index contributed by atoms with van der Waals surface area (Å²) in [6.07, 6.45) is 9.46. The first-order chi connectivity index (χ1) is 10.6. The maximum atomic E-state index is 11.5. The molecule has 130 valence electrons. The maximum absolute atomic E-state index is 11.5. The van der Waals surface area contributed by atoms with Crippen LogP contribution in [0.4, 0.5) is 0 Å². The number of unbranched alkanes of at least 4 members (excludes halogenated alkanes) is 6. The number of hydrogen-bond donors (Lipinski definition) is 0. The number of hydrogen-bond acceptors (Lipinski definition) is 4. The zero-order valence-corrected chi connectivity index (χ0v) is 14.7. The average molecular weight is 314 g/mol. The molecule has 0 unspecified atom stereocenters. The molecule has 0 heterocycles. The van der Waals surface area contributed by atoms with E-state index in [0.717, 1.165) is 19.3 Å². The lowest BCUT2D eigenvalue weighted by molar-refractivity contribution is -0.150. The highest BCUT2D eigenvalue weighted by atomic mass is 16.5. The van der Waals surface area contributed by atoms with Crippen molar-refractivity contribution < 1.29 is 19.1 Å². The van der Waals surface area contributed by atoms with Gasteiger partial charge in [-0.05, 0) is 18.8 Å². The summed E-state index contributed by atoms with van der Waals surface area (Å²) in [6, 6.07) is 0. The average Bonchev–Trinajstić information content (AvgIpc) is 2.47. The molecule has 0 aromatic rings. The normalized spacial score (nSPS) is 10.7. The zero-order valence-electron chi connectivity index (χ0n) is 14.7. The third kappa shape index (κ3) is 15.3. The first-order valence-corrected chi connectivity index (χ1v) is 8.87. The van der Waals surface area contributed by atoms with Crippen LogP contribution < -0.4 is 0 Å². The SMILES string of the molecule is CCCCCCCCCOC(=O)CCC(=O)OCCC(C)C. The molecule has 0 aromatic carbocycles. The predicted molar refractivity (Wildman–Crippen MR) is 88.6 cm³/mol. The van der Waals surface area contributed by atoms with E-state index < -0.39 is 0 Å². The first-order valence-electron chi connectivity index (χ1n) is 8.87. The van der Waals surface area contributed by atoms with E-state index >= 15 is 0 Å². The van der Waals surface area contributed by atoms with Gasteiger partial charge < -0.3 is 9.47 Å². The van der Waals surface area contributed by atoms with Gasteiger partial charge in [0.25, 0.3) is 0 Å². The van der Waals surface area contributed by atoms with Crippen LogP contribution in [-0.2, 0) is 19.1 Å². The third-order valence-corrected chi connectivity index (χ3v) is 3.50. The molecule has 0 radical (unpaired) electrons. The minimum atomic E-state index is -0.312. The molecule has 0 aliphatic heterocycles. The van der Waals surface area contributed by atoms with Crippen molar-refractivity contribution in [1.29, 1.82) is 0 Å². The van der Waals surface area contributed by atoms with Crippen molar-refractivity contribution in [2.45, 2.75) is 85.0 Å². The summed E-state index contributed by atoms with van der Waals surface area (Å²) in [5, 5.41) is 0. The van der Waals surface area contributed by atoms with Crippen molar-refractivity contribution in [1.82, 2.24) is 0 Å². The van der Waals surface area contributed by atoms with E-state index in [2.05, 4.69) is 20.8 Å². The molecule has 0 bridgehead atoms. The third-order valence-electron chi connectivity index (χ3n) is 3.50. The summed E-state index contributed by atoms with van der Waals surface area (Å²) in [5.74, 6) is -0.0972. The second kappa shape index (κ2) is 14.9. The standard InChI is InChI=1S/C18H34O4/c1-4-5-6-7-8-9-10-14-21-17(19)11-12-18(20)22-15-13-16(2)3/h16H,4-15H2,1-3H3. The number of carbonyl (C=O) groups is 2. The van der Waals surface area contributed by atoms with Crippen LogP contribution in [0.25, 0.3) is 0 Å². The van der Waals surface area contributed by atoms with Crippen molar-refractivity contribution in [3.05, 3.63) is 0 Å². The van der Waals surface area contributed by atoms with Crippen LogP contribution in [0.2, 0.25) is 0 Å². The molecule has 0 spiro atoms. The maximum Gasteiger partial charge on any atom is 0.306 e. The minimum Gasteiger partial charge on any atom is -0.466 e. The molecule has 0 aliphatic carbocycles. The summed E-state index contributed by atoms with van der Waals surface area (Å²) >= 11 is 0. The van der Waals surface area contributed by atoms with Gasteiger partial charge in [-0.1, -0.05) is 59.3 Å². The Morgan fingerprint density at radius 2 is 1.27 bits per heavy atom. The molecular formula is C18H34O4. The quantitative estimate of drug-likeness (QED) is 0.346. The van der Waals surface area contributed by atoms with Gasteiger partial charge in [0, 0.05) is 0 Å². The highest BCUT2D eigenvalue weighted by molar-refractivity contribution is 5.77. The second-order valence-corrected chi connectivity index (χ2v) is 6.24. The lowest BCUT2D eigenvalue weighted by Crippen LogP contribution is -2.12. The molecule has 0 fully saturated rings. The first kappa shape index (κ1) is 20.9. The van der Waals surface area contributed by atoms with Crippen molar-refractivity contribution in [3.63, 3.8) is 0 Å². The van der Waals surface area contributed by atoms with Crippen molar-refractivity contribution in [2.75, 3.05) is 13.2 Å². The molecular weight excluding hydrogens is 280 g/mol. The molecule has 0 N–H and O–H groups in total. The number of carbonyl (C=O) groups excluding carboxylic acids is 2. The van der Waals surface area contributed by atoms with Gasteiger partial charge in [-0.15, -0.1) is 0 Å². The van der Waals surface area contributed by atoms with E-state index in [9.17, 15) is 9.59 Å². The molecule has 0 aliphatic rings. The van der Waals surface area contributed by atoms with E-state index in [1.807, 2.05) is 0 Å². The monoisotopic (exact) mass is 314 g/mol. The van der Waals surface area contributed by atoms with E-state index in [4.69, 9.17) is 9.47 Å². The molecule has 0 aromatic heterocycles. The Balaban J connectivity index is 3.37. The smallest absolute Gasteiger partial charge is 0.306 e. The van der Waals surface area contributed by atoms with Gasteiger partial charge in [0.1, 0.15) is 0 Å². The Hall–Kier alpha value is -1.06. The van der Waals surface area contributed by atoms with Crippen LogP contribution in [0.1, 0.15) is 85.0 Å². The van der Waals surface area contributed by atoms with Gasteiger partial charge >= 0.3 is 11.9 Å². The Morgan fingerprint density at radius 3 is 1.82 bits per heavy atom. The molecule has 4 heteroatoms. The Bertz CT molecular complexity index is 287. The van der Waals surface area contributed by atoms with Crippen LogP contribution in [0.5, 0.6) is 0 Å². The van der Waals surface area contributed by atoms with Gasteiger partial charge in [-0.25, -0.2) is 0 Å². The minimum absolute atomic E-state index is 0.119. The van der Waals surface area contributed by atoms with Crippen LogP contribution in [0.3, 0.4) is 0 Å². The molecule has 4 nitrogen and oxygen atoms in total. The fourth-order valence-electron chi connectivity index (χ4n) is 2.00. The van der Waals surface area contributed by atoms with Gasteiger partial charge in [-0.2, -0.15) is 0 Å². The van der Waals surface area contributed by atoms with E-state index in [1.165, 1.54) is 32.1 Å². The van der Waals surface area contributed by atoms with Crippen LogP contribution in [-0.4, -0.2) is 25.2 Å². The summed E-state index contributed by atoms with van der Waals surface area (Å²) in [5.41, 5.74) is 0. The second-order valence-electron chi connectivity index (χ2n) is 6.24. The Kier molecular flexibility index (Phi) is 14.1. The predicted octanol–water partition coefficient (Wildman–Crippen LogP) is 4.65. The zero-order chi connectivity index (χ0) is 16.6. The van der Waals surface area contributed by atoms with Crippen molar-refractivity contribution in [3.8, 4) is 0 Å². The van der Waals surface area contributed by atoms with Gasteiger partial charge in [0.2, 0.25) is 0 Å². The topological polar surface area (TPSA) is 52.6 Å². The number of ether oxygens (including phenoxy) is 2. The summed E-state index contributed by atoms with van der Waals surface area (Å²) in [4.78, 5) is 22.9. The molecule has 0 rings (SSSR count). The van der Waals surface area contributed by atoms with Crippen LogP contribution >= 0.6 is 0 Å². The van der Waals surface area contributed by atoms with Crippen molar-refractivity contribution >= 4 is 11.9 Å². The van der Waals surface area contributed by atoms with Gasteiger partial charge in [0.15, 0.2) is 0 Å². The number of esters is 2. The summed E-state index contributed by atoms with van der Waals surface area (Å²) in [7, 11) is 0. The number of rotatable bonds is 14. The Morgan fingerprint density at radius 1 is 0.773 bits per heavy atom. The van der Waals surface area contributed by atoms with Gasteiger partial charge in [0.05, 0.1) is 26.1 Å². The molecule has 0 amide bonds. The van der Waals surface area contributed by atoms with E-state index in [-0.39, 0.29) is 24.8 Å². The summed E-state index contributed by atoms with van der Waals surface area (Å²) in [6.45, 7) is 7.27. The van der Waals surface area contributed by atoms with Crippen LogP contribution in [0.15, 0.2) is 0 Å². The highest BCUT2D eigenvalue weighted by Crippen LogP contribution is 2.07. The van der Waals surface area contributed by atoms with Gasteiger partial charge in [-0.3, -0.25) is 9.59 Å².